The number of nitrogens with two attached hydrogens (primary N) is 1. The van der Waals surface area contributed by atoms with E-state index in [1.807, 2.05) is 18.2 Å². The number of anilines is 1. The molecule has 20 heavy (non-hydrogen) atoms. The van der Waals surface area contributed by atoms with Crippen molar-refractivity contribution in [1.29, 1.82) is 0 Å². The molecule has 102 valence electrons. The molecule has 0 fully saturated rings. The molecule has 0 saturated heterocycles. The molecule has 2 aromatic rings. The summed E-state index contributed by atoms with van der Waals surface area (Å²) in [7, 11) is 0. The number of aromatic nitrogens is 1. The fraction of sp³-hybridized carbons (Fsp3) is 0.143. The predicted molar refractivity (Wildman–Crippen MR) is 80.0 cm³/mol. The minimum absolute atomic E-state index is 0.278. The molecule has 1 aliphatic rings. The van der Waals surface area contributed by atoms with Crippen LogP contribution in [-0.2, 0) is 6.54 Å². The molecule has 3 N–H and O–H groups in total. The van der Waals surface area contributed by atoms with Gasteiger partial charge in [-0.05, 0) is 23.8 Å². The topological polar surface area (TPSA) is 69.4 Å². The number of hydrogen-bond acceptors (Lipinski definition) is 5. The molecule has 2 heterocycles. The van der Waals surface area contributed by atoms with E-state index in [1.54, 1.807) is 18.5 Å². The summed E-state index contributed by atoms with van der Waals surface area (Å²) in [4.78, 5) is 4.42. The number of ether oxygens (including phenoxy) is 2. The van der Waals surface area contributed by atoms with Crippen molar-refractivity contribution >= 4 is 22.9 Å². The van der Waals surface area contributed by atoms with Gasteiger partial charge in [-0.1, -0.05) is 18.3 Å². The summed E-state index contributed by atoms with van der Waals surface area (Å²) in [5.74, 6) is 1.55. The van der Waals surface area contributed by atoms with Gasteiger partial charge in [0.2, 0.25) is 6.79 Å². The number of fused-ring (bicyclic) bond motifs is 1. The van der Waals surface area contributed by atoms with Crippen molar-refractivity contribution in [3.63, 3.8) is 0 Å². The third kappa shape index (κ3) is 2.50. The molecule has 1 aromatic heterocycles. The van der Waals surface area contributed by atoms with Crippen molar-refractivity contribution in [2.45, 2.75) is 6.54 Å². The first kappa shape index (κ1) is 12.7. The van der Waals surface area contributed by atoms with Crippen LogP contribution in [0, 0.1) is 0 Å². The summed E-state index contributed by atoms with van der Waals surface area (Å²) in [6.45, 7) is 0.901. The maximum atomic E-state index is 5.68. The number of benzene rings is 1. The Labute approximate surface area is 121 Å². The van der Waals surface area contributed by atoms with Gasteiger partial charge in [-0.15, -0.1) is 0 Å². The molecule has 0 amide bonds. The van der Waals surface area contributed by atoms with Crippen LogP contribution in [0.5, 0.6) is 11.5 Å². The summed E-state index contributed by atoms with van der Waals surface area (Å²) in [5.41, 5.74) is 8.37. The van der Waals surface area contributed by atoms with Crippen LogP contribution in [0.25, 0.3) is 0 Å². The standard InChI is InChI=1S/C14H13N3O2S/c15-14(20)10-3-4-16-7-11(10)17-6-9-1-2-12-13(5-9)19-8-18-12/h1-5,7,17H,6,8H2,(H2,15,20). The van der Waals surface area contributed by atoms with Crippen molar-refractivity contribution in [2.75, 3.05) is 12.1 Å². The molecule has 0 radical (unpaired) electrons. The van der Waals surface area contributed by atoms with Crippen LogP contribution in [-0.4, -0.2) is 16.8 Å². The first-order valence-corrected chi connectivity index (χ1v) is 6.51. The third-order valence-corrected chi connectivity index (χ3v) is 3.23. The maximum Gasteiger partial charge on any atom is 0.231 e. The van der Waals surface area contributed by atoms with Gasteiger partial charge in [0.15, 0.2) is 11.5 Å². The SMILES string of the molecule is NC(=S)c1ccncc1NCc1ccc2c(c1)OCO2. The van der Waals surface area contributed by atoms with Crippen LogP contribution in [0.15, 0.2) is 36.7 Å². The lowest BCUT2D eigenvalue weighted by atomic mass is 10.2. The summed E-state index contributed by atoms with van der Waals surface area (Å²) in [6.07, 6.45) is 3.38. The van der Waals surface area contributed by atoms with Gasteiger partial charge in [-0.2, -0.15) is 0 Å². The number of thiocarbonyl (C=S) groups is 1. The maximum absolute atomic E-state index is 5.68. The van der Waals surface area contributed by atoms with Gasteiger partial charge in [0, 0.05) is 18.3 Å². The Bertz CT molecular complexity index is 661. The van der Waals surface area contributed by atoms with E-state index in [9.17, 15) is 0 Å². The quantitative estimate of drug-likeness (QED) is 0.839. The normalized spacial score (nSPS) is 12.2. The van der Waals surface area contributed by atoms with Crippen LogP contribution in [0.4, 0.5) is 5.69 Å². The zero-order valence-corrected chi connectivity index (χ0v) is 11.4. The average Bonchev–Trinajstić information content (AvgIpc) is 2.92. The van der Waals surface area contributed by atoms with Crippen molar-refractivity contribution in [3.05, 3.63) is 47.8 Å². The number of nitrogens with one attached hydrogen (secondary N) is 1. The van der Waals surface area contributed by atoms with E-state index in [2.05, 4.69) is 10.3 Å². The predicted octanol–water partition coefficient (Wildman–Crippen LogP) is 2.06. The van der Waals surface area contributed by atoms with Crippen LogP contribution in [0.1, 0.15) is 11.1 Å². The van der Waals surface area contributed by atoms with Gasteiger partial charge in [-0.3, -0.25) is 4.98 Å². The first-order valence-electron chi connectivity index (χ1n) is 6.10. The minimum atomic E-state index is 0.278. The van der Waals surface area contributed by atoms with Gasteiger partial charge < -0.3 is 20.5 Å². The molecular formula is C14H13N3O2S. The molecule has 6 heteroatoms. The molecule has 0 spiro atoms. The lowest BCUT2D eigenvalue weighted by molar-refractivity contribution is 0.174. The molecule has 0 atom stereocenters. The Morgan fingerprint density at radius 2 is 2.15 bits per heavy atom. The van der Waals surface area contributed by atoms with E-state index < -0.39 is 0 Å². The lowest BCUT2D eigenvalue weighted by Crippen LogP contribution is -2.13. The number of hydrogen-bond donors (Lipinski definition) is 2. The van der Waals surface area contributed by atoms with Crippen molar-refractivity contribution < 1.29 is 9.47 Å². The average molecular weight is 287 g/mol. The van der Waals surface area contributed by atoms with Gasteiger partial charge in [0.05, 0.1) is 11.9 Å². The highest BCUT2D eigenvalue weighted by Crippen LogP contribution is 2.32. The molecule has 0 saturated carbocycles. The third-order valence-electron chi connectivity index (χ3n) is 3.01. The van der Waals surface area contributed by atoms with E-state index >= 15 is 0 Å². The summed E-state index contributed by atoms with van der Waals surface area (Å²) in [5, 5.41) is 3.28. The van der Waals surface area contributed by atoms with Crippen molar-refractivity contribution in [1.82, 2.24) is 4.98 Å². The van der Waals surface area contributed by atoms with Gasteiger partial charge in [0.25, 0.3) is 0 Å². The van der Waals surface area contributed by atoms with E-state index in [0.717, 1.165) is 28.3 Å². The monoisotopic (exact) mass is 287 g/mol. The molecule has 1 aromatic carbocycles. The van der Waals surface area contributed by atoms with Crippen LogP contribution in [0.2, 0.25) is 0 Å². The van der Waals surface area contributed by atoms with Crippen LogP contribution >= 0.6 is 12.2 Å². The molecule has 5 nitrogen and oxygen atoms in total. The zero-order valence-electron chi connectivity index (χ0n) is 10.6. The summed E-state index contributed by atoms with van der Waals surface area (Å²) >= 11 is 5.02. The Morgan fingerprint density at radius 1 is 1.30 bits per heavy atom. The Hall–Kier alpha value is -2.34. The first-order chi connectivity index (χ1) is 9.74. The van der Waals surface area contributed by atoms with E-state index in [-0.39, 0.29) is 6.79 Å². The zero-order chi connectivity index (χ0) is 13.9. The number of nitrogens with zero attached hydrogens (tertiary/aromatic N) is 1. The summed E-state index contributed by atoms with van der Waals surface area (Å²) in [6, 6.07) is 7.63. The van der Waals surface area contributed by atoms with Gasteiger partial charge >= 0.3 is 0 Å². The summed E-state index contributed by atoms with van der Waals surface area (Å²) < 4.78 is 10.6. The number of rotatable bonds is 4. The smallest absolute Gasteiger partial charge is 0.231 e. The van der Waals surface area contributed by atoms with Gasteiger partial charge in [0.1, 0.15) is 4.99 Å². The van der Waals surface area contributed by atoms with Crippen molar-refractivity contribution in [2.24, 2.45) is 5.73 Å². The highest BCUT2D eigenvalue weighted by Gasteiger charge is 2.13. The highest BCUT2D eigenvalue weighted by molar-refractivity contribution is 7.80. The Kier molecular flexibility index (Phi) is 3.39. The molecular weight excluding hydrogens is 274 g/mol. The molecule has 0 bridgehead atoms. The second-order valence-electron chi connectivity index (χ2n) is 4.33. The molecule has 0 unspecified atom stereocenters. The minimum Gasteiger partial charge on any atom is -0.454 e. The van der Waals surface area contributed by atoms with E-state index in [1.165, 1.54) is 0 Å². The fourth-order valence-corrected chi connectivity index (χ4v) is 2.18. The lowest BCUT2D eigenvalue weighted by Gasteiger charge is -2.10. The Morgan fingerprint density at radius 3 is 3.00 bits per heavy atom. The fourth-order valence-electron chi connectivity index (χ4n) is 2.00. The van der Waals surface area contributed by atoms with Crippen LogP contribution in [0.3, 0.4) is 0 Å². The van der Waals surface area contributed by atoms with E-state index in [0.29, 0.717) is 11.5 Å². The Balaban J connectivity index is 1.75. The largest absolute Gasteiger partial charge is 0.454 e. The van der Waals surface area contributed by atoms with Gasteiger partial charge in [-0.25, -0.2) is 0 Å². The second kappa shape index (κ2) is 5.34. The highest BCUT2D eigenvalue weighted by atomic mass is 32.1. The van der Waals surface area contributed by atoms with E-state index in [4.69, 9.17) is 27.4 Å². The number of pyridine rings is 1. The second-order valence-corrected chi connectivity index (χ2v) is 4.77. The van der Waals surface area contributed by atoms with Crippen molar-refractivity contribution in [3.8, 4) is 11.5 Å². The molecule has 3 rings (SSSR count). The molecule has 0 aliphatic carbocycles. The van der Waals surface area contributed by atoms with Crippen LogP contribution < -0.4 is 20.5 Å². The molecule has 1 aliphatic heterocycles.